The predicted octanol–water partition coefficient (Wildman–Crippen LogP) is 2.60. The highest BCUT2D eigenvalue weighted by Gasteiger charge is 2.40. The summed E-state index contributed by atoms with van der Waals surface area (Å²) in [6, 6.07) is 0. The summed E-state index contributed by atoms with van der Waals surface area (Å²) in [5.41, 5.74) is 4.43. The van der Waals surface area contributed by atoms with Crippen LogP contribution in [0.5, 0.6) is 0 Å². The Morgan fingerprint density at radius 3 is 2.00 bits per heavy atom. The number of amides is 1. The van der Waals surface area contributed by atoms with Gasteiger partial charge in [-0.1, -0.05) is 0 Å². The standard InChI is InChI=1S/C12H23F3N2O/c1-10(2,11(3,4)16)9(18)17-8-6-5-7-12(13,14)15/h5-8,16H2,1-4H3,(H,17,18). The minimum Gasteiger partial charge on any atom is -0.356 e. The van der Waals surface area contributed by atoms with E-state index in [9.17, 15) is 18.0 Å². The first-order valence-corrected chi connectivity index (χ1v) is 6.02. The number of hydrogen-bond donors (Lipinski definition) is 2. The number of carbonyl (C=O) groups excluding carboxylic acids is 1. The lowest BCUT2D eigenvalue weighted by Gasteiger charge is -2.36. The summed E-state index contributed by atoms with van der Waals surface area (Å²) in [5.74, 6) is -0.234. The van der Waals surface area contributed by atoms with Gasteiger partial charge in [-0.05, 0) is 40.5 Å². The van der Waals surface area contributed by atoms with E-state index in [0.717, 1.165) is 0 Å². The molecular formula is C12H23F3N2O. The molecule has 0 bridgehead atoms. The maximum Gasteiger partial charge on any atom is 0.389 e. The number of nitrogens with two attached hydrogens (primary N) is 1. The summed E-state index contributed by atoms with van der Waals surface area (Å²) < 4.78 is 35.6. The molecule has 18 heavy (non-hydrogen) atoms. The molecule has 0 unspecified atom stereocenters. The molecule has 0 rings (SSSR count). The number of hydrogen-bond acceptors (Lipinski definition) is 2. The maximum atomic E-state index is 11.9. The molecular weight excluding hydrogens is 245 g/mol. The third kappa shape index (κ3) is 5.71. The van der Waals surface area contributed by atoms with Gasteiger partial charge >= 0.3 is 6.18 Å². The van der Waals surface area contributed by atoms with Crippen LogP contribution in [0.2, 0.25) is 0 Å². The van der Waals surface area contributed by atoms with Crippen molar-refractivity contribution in [1.82, 2.24) is 5.32 Å². The fraction of sp³-hybridized carbons (Fsp3) is 0.917. The first-order chi connectivity index (χ1) is 7.88. The molecule has 0 aliphatic heterocycles. The number of alkyl halides is 3. The molecule has 1 amide bonds. The van der Waals surface area contributed by atoms with Crippen molar-refractivity contribution in [1.29, 1.82) is 0 Å². The van der Waals surface area contributed by atoms with Crippen molar-refractivity contribution in [2.24, 2.45) is 11.1 Å². The minimum atomic E-state index is -4.12. The van der Waals surface area contributed by atoms with Crippen molar-refractivity contribution >= 4 is 5.91 Å². The van der Waals surface area contributed by atoms with Gasteiger partial charge in [-0.15, -0.1) is 0 Å². The van der Waals surface area contributed by atoms with Gasteiger partial charge in [0, 0.05) is 18.5 Å². The molecule has 0 aromatic carbocycles. The molecule has 0 spiro atoms. The predicted molar refractivity (Wildman–Crippen MR) is 65.0 cm³/mol. The zero-order valence-electron chi connectivity index (χ0n) is 11.4. The molecule has 0 fully saturated rings. The van der Waals surface area contributed by atoms with Crippen LogP contribution in [0.3, 0.4) is 0 Å². The van der Waals surface area contributed by atoms with Crippen molar-refractivity contribution < 1.29 is 18.0 Å². The van der Waals surface area contributed by atoms with Crippen LogP contribution < -0.4 is 11.1 Å². The van der Waals surface area contributed by atoms with Crippen LogP contribution in [-0.2, 0) is 4.79 Å². The number of nitrogens with one attached hydrogen (secondary N) is 1. The Balaban J connectivity index is 3.99. The third-order valence-corrected chi connectivity index (χ3v) is 3.35. The summed E-state index contributed by atoms with van der Waals surface area (Å²) in [7, 11) is 0. The van der Waals surface area contributed by atoms with Crippen molar-refractivity contribution in [3.8, 4) is 0 Å². The largest absolute Gasteiger partial charge is 0.389 e. The fourth-order valence-corrected chi connectivity index (χ4v) is 1.17. The van der Waals surface area contributed by atoms with E-state index in [4.69, 9.17) is 5.73 Å². The molecule has 0 atom stereocenters. The highest BCUT2D eigenvalue weighted by Crippen LogP contribution is 2.28. The lowest BCUT2D eigenvalue weighted by atomic mass is 9.74. The van der Waals surface area contributed by atoms with Gasteiger partial charge in [0.25, 0.3) is 0 Å². The van der Waals surface area contributed by atoms with E-state index in [1.54, 1.807) is 27.7 Å². The third-order valence-electron chi connectivity index (χ3n) is 3.35. The molecule has 0 aromatic rings. The lowest BCUT2D eigenvalue weighted by Crippen LogP contribution is -2.55. The molecule has 3 N–H and O–H groups in total. The van der Waals surface area contributed by atoms with Gasteiger partial charge < -0.3 is 11.1 Å². The zero-order chi connectivity index (χ0) is 14.6. The Kier molecular flexibility index (Phi) is 5.65. The average Bonchev–Trinajstić information content (AvgIpc) is 2.13. The fourth-order valence-electron chi connectivity index (χ4n) is 1.17. The van der Waals surface area contributed by atoms with Gasteiger partial charge in [0.2, 0.25) is 5.91 Å². The van der Waals surface area contributed by atoms with Crippen LogP contribution in [0.25, 0.3) is 0 Å². The zero-order valence-corrected chi connectivity index (χ0v) is 11.4. The average molecular weight is 268 g/mol. The van der Waals surface area contributed by atoms with E-state index >= 15 is 0 Å². The molecule has 0 aliphatic carbocycles. The number of unbranched alkanes of at least 4 members (excludes halogenated alkanes) is 1. The van der Waals surface area contributed by atoms with E-state index < -0.39 is 23.6 Å². The Morgan fingerprint density at radius 1 is 1.11 bits per heavy atom. The van der Waals surface area contributed by atoms with Crippen LogP contribution in [-0.4, -0.2) is 24.2 Å². The SMILES string of the molecule is CC(C)(N)C(C)(C)C(=O)NCCCCC(F)(F)F. The summed E-state index contributed by atoms with van der Waals surface area (Å²) >= 11 is 0. The van der Waals surface area contributed by atoms with Gasteiger partial charge in [-0.25, -0.2) is 0 Å². The summed E-state index contributed by atoms with van der Waals surface area (Å²) in [6.07, 6.45) is -4.60. The van der Waals surface area contributed by atoms with Crippen LogP contribution in [0, 0.1) is 5.41 Å². The molecule has 0 aromatic heterocycles. The van der Waals surface area contributed by atoms with E-state index in [1.807, 2.05) is 0 Å². The molecule has 0 saturated heterocycles. The summed E-state index contributed by atoms with van der Waals surface area (Å²) in [6.45, 7) is 7.18. The van der Waals surface area contributed by atoms with Gasteiger partial charge in [-0.3, -0.25) is 4.79 Å². The second-order valence-electron chi connectivity index (χ2n) is 5.67. The Morgan fingerprint density at radius 2 is 1.61 bits per heavy atom. The molecule has 108 valence electrons. The molecule has 0 heterocycles. The second kappa shape index (κ2) is 5.91. The Labute approximate surface area is 106 Å². The molecule has 0 saturated carbocycles. The van der Waals surface area contributed by atoms with E-state index in [2.05, 4.69) is 5.32 Å². The van der Waals surface area contributed by atoms with Crippen LogP contribution in [0.1, 0.15) is 47.0 Å². The first kappa shape index (κ1) is 17.2. The van der Waals surface area contributed by atoms with Crippen molar-refractivity contribution in [3.05, 3.63) is 0 Å². The van der Waals surface area contributed by atoms with Crippen molar-refractivity contribution in [2.45, 2.75) is 58.7 Å². The monoisotopic (exact) mass is 268 g/mol. The maximum absolute atomic E-state index is 11.9. The normalized spacial score (nSPS) is 13.6. The number of halogens is 3. The van der Waals surface area contributed by atoms with Crippen molar-refractivity contribution in [3.63, 3.8) is 0 Å². The van der Waals surface area contributed by atoms with Gasteiger partial charge in [0.1, 0.15) is 0 Å². The van der Waals surface area contributed by atoms with E-state index in [1.165, 1.54) is 0 Å². The lowest BCUT2D eigenvalue weighted by molar-refractivity contribution is -0.135. The van der Waals surface area contributed by atoms with Gasteiger partial charge in [0.15, 0.2) is 0 Å². The Hall–Kier alpha value is -0.780. The molecule has 3 nitrogen and oxygen atoms in total. The van der Waals surface area contributed by atoms with Gasteiger partial charge in [-0.2, -0.15) is 13.2 Å². The summed E-state index contributed by atoms with van der Waals surface area (Å²) in [4.78, 5) is 11.9. The smallest absolute Gasteiger partial charge is 0.356 e. The second-order valence-corrected chi connectivity index (χ2v) is 5.67. The molecule has 0 aliphatic rings. The molecule has 6 heteroatoms. The van der Waals surface area contributed by atoms with Crippen molar-refractivity contribution in [2.75, 3.05) is 6.54 Å². The highest BCUT2D eigenvalue weighted by atomic mass is 19.4. The first-order valence-electron chi connectivity index (χ1n) is 6.02. The number of rotatable bonds is 6. The van der Waals surface area contributed by atoms with Crippen LogP contribution in [0.4, 0.5) is 13.2 Å². The minimum absolute atomic E-state index is 0.0240. The van der Waals surface area contributed by atoms with E-state index in [0.29, 0.717) is 6.42 Å². The van der Waals surface area contributed by atoms with Gasteiger partial charge in [0.05, 0.1) is 5.41 Å². The molecule has 0 radical (unpaired) electrons. The van der Waals surface area contributed by atoms with E-state index in [-0.39, 0.29) is 18.9 Å². The quantitative estimate of drug-likeness (QED) is 0.727. The Bertz CT molecular complexity index is 280. The summed E-state index contributed by atoms with van der Waals surface area (Å²) in [5, 5.41) is 2.63. The topological polar surface area (TPSA) is 55.1 Å². The highest BCUT2D eigenvalue weighted by molar-refractivity contribution is 5.83. The van der Waals surface area contributed by atoms with Crippen LogP contribution >= 0.6 is 0 Å². The number of carbonyl (C=O) groups is 1. The van der Waals surface area contributed by atoms with Crippen LogP contribution in [0.15, 0.2) is 0 Å².